The highest BCUT2D eigenvalue weighted by molar-refractivity contribution is 14.0. The van der Waals surface area contributed by atoms with E-state index in [1.165, 1.54) is 6.07 Å². The highest BCUT2D eigenvalue weighted by Crippen LogP contribution is 2.23. The SMILES string of the molecule is CCNC(=NCc1ccccc1OCC(F)(F)F)NCc1coc(-c2ccccc2)n1.I. The van der Waals surface area contributed by atoms with E-state index in [-0.39, 0.29) is 36.3 Å². The molecular weight excluding hydrogens is 536 g/mol. The molecule has 10 heteroatoms. The number of alkyl halides is 3. The predicted molar refractivity (Wildman–Crippen MR) is 127 cm³/mol. The van der Waals surface area contributed by atoms with Crippen molar-refractivity contribution >= 4 is 29.9 Å². The molecule has 0 bridgehead atoms. The molecule has 0 amide bonds. The van der Waals surface area contributed by atoms with E-state index in [4.69, 9.17) is 9.15 Å². The quantitative estimate of drug-likeness (QED) is 0.227. The van der Waals surface area contributed by atoms with Crippen LogP contribution in [0.25, 0.3) is 11.5 Å². The minimum atomic E-state index is -4.40. The van der Waals surface area contributed by atoms with Gasteiger partial charge in [-0.05, 0) is 25.1 Å². The first-order valence-electron chi connectivity index (χ1n) is 9.74. The smallest absolute Gasteiger partial charge is 0.422 e. The van der Waals surface area contributed by atoms with E-state index in [0.717, 1.165) is 5.56 Å². The molecule has 1 aromatic heterocycles. The van der Waals surface area contributed by atoms with Crippen molar-refractivity contribution in [3.63, 3.8) is 0 Å². The Morgan fingerprint density at radius 3 is 2.50 bits per heavy atom. The Balaban J connectivity index is 0.00000363. The summed E-state index contributed by atoms with van der Waals surface area (Å²) in [6, 6.07) is 16.1. The number of hydrogen-bond donors (Lipinski definition) is 2. The van der Waals surface area contributed by atoms with Crippen LogP contribution in [0.5, 0.6) is 5.75 Å². The number of guanidine groups is 1. The van der Waals surface area contributed by atoms with Gasteiger partial charge in [-0.25, -0.2) is 9.98 Å². The lowest BCUT2D eigenvalue weighted by Gasteiger charge is -2.13. The van der Waals surface area contributed by atoms with Crippen molar-refractivity contribution in [1.29, 1.82) is 0 Å². The molecule has 2 aromatic carbocycles. The molecule has 3 rings (SSSR count). The highest BCUT2D eigenvalue weighted by atomic mass is 127. The Morgan fingerprint density at radius 1 is 1.06 bits per heavy atom. The van der Waals surface area contributed by atoms with Crippen LogP contribution in [0.1, 0.15) is 18.2 Å². The average Bonchev–Trinajstić information content (AvgIpc) is 3.24. The molecule has 0 aliphatic heterocycles. The molecule has 0 atom stereocenters. The normalized spacial score (nSPS) is 11.6. The van der Waals surface area contributed by atoms with E-state index in [9.17, 15) is 13.2 Å². The van der Waals surface area contributed by atoms with E-state index in [0.29, 0.717) is 36.2 Å². The number of aliphatic imine (C=N–C) groups is 1. The Hall–Kier alpha value is -2.76. The maximum atomic E-state index is 12.5. The molecule has 0 radical (unpaired) electrons. The summed E-state index contributed by atoms with van der Waals surface area (Å²) in [7, 11) is 0. The minimum Gasteiger partial charge on any atom is -0.484 e. The molecule has 32 heavy (non-hydrogen) atoms. The number of halogens is 4. The Kier molecular flexibility index (Phi) is 9.82. The van der Waals surface area contributed by atoms with Crippen molar-refractivity contribution in [1.82, 2.24) is 15.6 Å². The second-order valence-electron chi connectivity index (χ2n) is 6.57. The molecule has 172 valence electrons. The number of nitrogens with zero attached hydrogens (tertiary/aromatic N) is 2. The van der Waals surface area contributed by atoms with Gasteiger partial charge in [0, 0.05) is 17.7 Å². The second-order valence-corrected chi connectivity index (χ2v) is 6.57. The van der Waals surface area contributed by atoms with Crippen molar-refractivity contribution in [2.45, 2.75) is 26.2 Å². The monoisotopic (exact) mass is 560 g/mol. The third-order valence-corrected chi connectivity index (χ3v) is 4.13. The van der Waals surface area contributed by atoms with Crippen LogP contribution in [-0.2, 0) is 13.1 Å². The van der Waals surface area contributed by atoms with Crippen LogP contribution in [0.15, 0.2) is 70.3 Å². The molecule has 0 aliphatic carbocycles. The van der Waals surface area contributed by atoms with Crippen LogP contribution in [0.2, 0.25) is 0 Å². The summed E-state index contributed by atoms with van der Waals surface area (Å²) in [4.78, 5) is 8.90. The molecule has 6 nitrogen and oxygen atoms in total. The maximum Gasteiger partial charge on any atom is 0.422 e. The molecule has 0 unspecified atom stereocenters. The summed E-state index contributed by atoms with van der Waals surface area (Å²) in [6.45, 7) is 1.71. The highest BCUT2D eigenvalue weighted by Gasteiger charge is 2.28. The van der Waals surface area contributed by atoms with E-state index < -0.39 is 12.8 Å². The van der Waals surface area contributed by atoms with Crippen LogP contribution in [0.4, 0.5) is 13.2 Å². The van der Waals surface area contributed by atoms with Gasteiger partial charge < -0.3 is 19.8 Å². The van der Waals surface area contributed by atoms with Gasteiger partial charge in [0.25, 0.3) is 0 Å². The molecule has 0 saturated carbocycles. The van der Waals surface area contributed by atoms with Gasteiger partial charge in [-0.15, -0.1) is 24.0 Å². The molecule has 0 saturated heterocycles. The predicted octanol–water partition coefficient (Wildman–Crippen LogP) is 5.16. The van der Waals surface area contributed by atoms with Crippen LogP contribution >= 0.6 is 24.0 Å². The van der Waals surface area contributed by atoms with Gasteiger partial charge in [-0.2, -0.15) is 13.2 Å². The zero-order valence-electron chi connectivity index (χ0n) is 17.4. The fourth-order valence-electron chi connectivity index (χ4n) is 2.72. The van der Waals surface area contributed by atoms with Gasteiger partial charge >= 0.3 is 6.18 Å². The third kappa shape index (κ3) is 8.06. The third-order valence-electron chi connectivity index (χ3n) is 4.13. The summed E-state index contributed by atoms with van der Waals surface area (Å²) in [5.74, 6) is 1.18. The number of oxazole rings is 1. The standard InChI is InChI=1S/C22H23F3N4O2.HI/c1-2-26-21(27-12-17-10-6-7-11-19(17)31-15-22(23,24)25)28-13-18-14-30-20(29-18)16-8-4-3-5-9-16;/h3-11,14H,2,12-13,15H2,1H3,(H2,26,27,28);1H. The molecule has 0 fully saturated rings. The zero-order chi connectivity index (χ0) is 22.1. The number of aromatic nitrogens is 1. The lowest BCUT2D eigenvalue weighted by Crippen LogP contribution is -2.36. The number of para-hydroxylation sites is 1. The average molecular weight is 560 g/mol. The summed E-state index contributed by atoms with van der Waals surface area (Å²) in [5.41, 5.74) is 2.12. The van der Waals surface area contributed by atoms with Crippen molar-refractivity contribution in [3.05, 3.63) is 72.1 Å². The van der Waals surface area contributed by atoms with Crippen LogP contribution in [-0.4, -0.2) is 30.3 Å². The summed E-state index contributed by atoms with van der Waals surface area (Å²) < 4.78 is 47.9. The first-order chi connectivity index (χ1) is 14.9. The molecule has 0 spiro atoms. The first kappa shape index (κ1) is 25.5. The Labute approximate surface area is 201 Å². The Morgan fingerprint density at radius 2 is 1.78 bits per heavy atom. The Bertz CT molecular complexity index is 994. The van der Waals surface area contributed by atoms with Crippen LogP contribution in [0, 0.1) is 0 Å². The largest absolute Gasteiger partial charge is 0.484 e. The fraction of sp³-hybridized carbons (Fsp3) is 0.273. The second kappa shape index (κ2) is 12.3. The molecule has 2 N–H and O–H groups in total. The van der Waals surface area contributed by atoms with Gasteiger partial charge in [-0.3, -0.25) is 0 Å². The lowest BCUT2D eigenvalue weighted by molar-refractivity contribution is -0.153. The van der Waals surface area contributed by atoms with Crippen molar-refractivity contribution in [2.75, 3.05) is 13.2 Å². The van der Waals surface area contributed by atoms with Gasteiger partial charge in [0.05, 0.1) is 18.8 Å². The molecule has 1 heterocycles. The summed E-state index contributed by atoms with van der Waals surface area (Å²) in [5, 5.41) is 6.24. The molecular formula is C22H24F3IN4O2. The minimum absolute atomic E-state index is 0. The van der Waals surface area contributed by atoms with E-state index in [1.54, 1.807) is 24.5 Å². The van der Waals surface area contributed by atoms with E-state index in [1.807, 2.05) is 37.3 Å². The van der Waals surface area contributed by atoms with Gasteiger partial charge in [0.15, 0.2) is 12.6 Å². The van der Waals surface area contributed by atoms with Gasteiger partial charge in [-0.1, -0.05) is 36.4 Å². The number of rotatable bonds is 8. The number of hydrogen-bond acceptors (Lipinski definition) is 4. The topological polar surface area (TPSA) is 71.7 Å². The van der Waals surface area contributed by atoms with Crippen molar-refractivity contribution in [3.8, 4) is 17.2 Å². The lowest BCUT2D eigenvalue weighted by atomic mass is 10.2. The maximum absolute atomic E-state index is 12.5. The summed E-state index contributed by atoms with van der Waals surface area (Å²) in [6.07, 6.45) is -2.83. The fourth-order valence-corrected chi connectivity index (χ4v) is 2.72. The van der Waals surface area contributed by atoms with Crippen LogP contribution in [0.3, 0.4) is 0 Å². The number of ether oxygens (including phenoxy) is 1. The van der Waals surface area contributed by atoms with Crippen LogP contribution < -0.4 is 15.4 Å². The summed E-state index contributed by atoms with van der Waals surface area (Å²) >= 11 is 0. The number of benzene rings is 2. The van der Waals surface area contributed by atoms with E-state index >= 15 is 0 Å². The number of nitrogens with one attached hydrogen (secondary N) is 2. The zero-order valence-corrected chi connectivity index (χ0v) is 19.7. The first-order valence-corrected chi connectivity index (χ1v) is 9.74. The van der Waals surface area contributed by atoms with E-state index in [2.05, 4.69) is 20.6 Å². The van der Waals surface area contributed by atoms with Crippen molar-refractivity contribution < 1.29 is 22.3 Å². The van der Waals surface area contributed by atoms with Gasteiger partial charge in [0.2, 0.25) is 5.89 Å². The van der Waals surface area contributed by atoms with Crippen molar-refractivity contribution in [2.24, 2.45) is 4.99 Å². The molecule has 3 aromatic rings. The van der Waals surface area contributed by atoms with Gasteiger partial charge in [0.1, 0.15) is 12.0 Å². The molecule has 0 aliphatic rings.